The third-order valence-corrected chi connectivity index (χ3v) is 7.38. The van der Waals surface area contributed by atoms with Crippen molar-refractivity contribution >= 4 is 22.4 Å². The molecule has 1 aliphatic heterocycles. The highest BCUT2D eigenvalue weighted by atomic mass is 19.1. The first-order valence-corrected chi connectivity index (χ1v) is 12.7. The first kappa shape index (κ1) is 23.7. The van der Waals surface area contributed by atoms with Crippen molar-refractivity contribution in [2.24, 2.45) is 5.92 Å². The molecular weight excluding hydrogens is 441 g/mol. The molecule has 0 aromatic carbocycles. The highest BCUT2D eigenvalue weighted by Gasteiger charge is 2.30. The molecule has 1 atom stereocenters. The summed E-state index contributed by atoms with van der Waals surface area (Å²) in [6.07, 6.45) is 5.36. The van der Waals surface area contributed by atoms with Crippen LogP contribution in [0.5, 0.6) is 0 Å². The summed E-state index contributed by atoms with van der Waals surface area (Å²) in [4.78, 5) is 17.1. The Labute approximate surface area is 206 Å². The number of hydrogen-bond acceptors (Lipinski definition) is 5. The predicted octanol–water partition coefficient (Wildman–Crippen LogP) is 5.32. The maximum atomic E-state index is 16.3. The van der Waals surface area contributed by atoms with E-state index in [2.05, 4.69) is 78.3 Å². The molecule has 1 unspecified atom stereocenters. The highest BCUT2D eigenvalue weighted by molar-refractivity contribution is 5.94. The Morgan fingerprint density at radius 2 is 1.89 bits per heavy atom. The minimum atomic E-state index is -0.228. The molecule has 0 bridgehead atoms. The second-order valence-electron chi connectivity index (χ2n) is 10.8. The molecular formula is C27H36FN7. The number of aromatic amines is 1. The lowest BCUT2D eigenvalue weighted by molar-refractivity contribution is 0.205. The van der Waals surface area contributed by atoms with E-state index in [0.29, 0.717) is 17.1 Å². The number of aryl methyl sites for hydroxylation is 1. The SMILES string of the molecule is Cc1c(-c2[nH]c3cnc(N4CCN(CC(C)C)CC4C)c(F)c3c2C(C)C)cn2ncnc2c1C. The minimum absolute atomic E-state index is 0.120. The number of nitrogens with zero attached hydrogens (tertiary/aromatic N) is 6. The molecule has 0 amide bonds. The van der Waals surface area contributed by atoms with Gasteiger partial charge in [0.15, 0.2) is 17.3 Å². The maximum Gasteiger partial charge on any atom is 0.175 e. The fourth-order valence-electron chi connectivity index (χ4n) is 5.64. The van der Waals surface area contributed by atoms with Gasteiger partial charge in [-0.25, -0.2) is 18.9 Å². The van der Waals surface area contributed by atoms with Crippen molar-refractivity contribution < 1.29 is 4.39 Å². The van der Waals surface area contributed by atoms with Crippen LogP contribution in [0, 0.1) is 25.6 Å². The van der Waals surface area contributed by atoms with Crippen molar-refractivity contribution in [1.29, 1.82) is 0 Å². The average molecular weight is 478 g/mol. The van der Waals surface area contributed by atoms with Gasteiger partial charge in [-0.2, -0.15) is 5.10 Å². The molecule has 0 radical (unpaired) electrons. The normalized spacial score (nSPS) is 17.5. The van der Waals surface area contributed by atoms with Crippen molar-refractivity contribution in [3.8, 4) is 11.3 Å². The van der Waals surface area contributed by atoms with Crippen LogP contribution in [0.25, 0.3) is 27.8 Å². The molecule has 7 nitrogen and oxygen atoms in total. The smallest absolute Gasteiger partial charge is 0.175 e. The summed E-state index contributed by atoms with van der Waals surface area (Å²) in [5, 5.41) is 5.00. The van der Waals surface area contributed by atoms with E-state index >= 15 is 4.39 Å². The minimum Gasteiger partial charge on any atom is -0.353 e. The molecule has 0 saturated carbocycles. The zero-order valence-electron chi connectivity index (χ0n) is 21.9. The number of halogens is 1. The van der Waals surface area contributed by atoms with Crippen molar-refractivity contribution in [2.45, 2.75) is 60.4 Å². The van der Waals surface area contributed by atoms with E-state index in [9.17, 15) is 0 Å². The molecule has 4 aromatic heterocycles. The molecule has 1 N–H and O–H groups in total. The van der Waals surface area contributed by atoms with Gasteiger partial charge in [0.05, 0.1) is 17.4 Å². The number of pyridine rings is 2. The van der Waals surface area contributed by atoms with Gasteiger partial charge < -0.3 is 9.88 Å². The van der Waals surface area contributed by atoms with Gasteiger partial charge in [-0.3, -0.25) is 4.90 Å². The summed E-state index contributed by atoms with van der Waals surface area (Å²) >= 11 is 0. The van der Waals surface area contributed by atoms with Gasteiger partial charge in [0, 0.05) is 49.4 Å². The number of piperazine rings is 1. The third kappa shape index (κ3) is 3.97. The van der Waals surface area contributed by atoms with E-state index < -0.39 is 0 Å². The van der Waals surface area contributed by atoms with Crippen molar-refractivity contribution in [3.05, 3.63) is 41.2 Å². The number of fused-ring (bicyclic) bond motifs is 2. The number of aromatic nitrogens is 5. The Hall–Kier alpha value is -3.00. The Morgan fingerprint density at radius 1 is 1.11 bits per heavy atom. The first-order chi connectivity index (χ1) is 16.7. The van der Waals surface area contributed by atoms with E-state index in [-0.39, 0.29) is 17.8 Å². The highest BCUT2D eigenvalue weighted by Crippen LogP contribution is 2.40. The lowest BCUT2D eigenvalue weighted by atomic mass is 9.94. The molecule has 0 aliphatic carbocycles. The van der Waals surface area contributed by atoms with Crippen LogP contribution >= 0.6 is 0 Å². The van der Waals surface area contributed by atoms with Gasteiger partial charge >= 0.3 is 0 Å². The standard InChI is InChI=1S/C27H36FN7/c1-15(2)11-33-8-9-34(17(5)12-33)27-24(28)23-21(10-29-27)32-25(22(23)16(3)4)20-13-35-26(30-14-31-35)19(7)18(20)6/h10,13-17,32H,8-9,11-12H2,1-7H3. The Morgan fingerprint density at radius 3 is 2.57 bits per heavy atom. The molecule has 186 valence electrons. The van der Waals surface area contributed by atoms with Crippen LogP contribution in [0.1, 0.15) is 57.2 Å². The van der Waals surface area contributed by atoms with Gasteiger partial charge in [0.2, 0.25) is 0 Å². The van der Waals surface area contributed by atoms with E-state index in [4.69, 9.17) is 0 Å². The Bertz CT molecular complexity index is 1380. The van der Waals surface area contributed by atoms with Gasteiger partial charge in [0.25, 0.3) is 0 Å². The molecule has 1 fully saturated rings. The molecule has 0 spiro atoms. The van der Waals surface area contributed by atoms with Crippen LogP contribution < -0.4 is 4.90 Å². The van der Waals surface area contributed by atoms with Crippen LogP contribution in [0.2, 0.25) is 0 Å². The lowest BCUT2D eigenvalue weighted by Crippen LogP contribution is -2.53. The number of rotatable bonds is 5. The van der Waals surface area contributed by atoms with Crippen molar-refractivity contribution in [3.63, 3.8) is 0 Å². The van der Waals surface area contributed by atoms with Crippen LogP contribution in [-0.4, -0.2) is 61.7 Å². The van der Waals surface area contributed by atoms with Gasteiger partial charge in [-0.1, -0.05) is 27.7 Å². The summed E-state index contributed by atoms with van der Waals surface area (Å²) in [7, 11) is 0. The quantitative estimate of drug-likeness (QED) is 0.422. The summed E-state index contributed by atoms with van der Waals surface area (Å²) < 4.78 is 18.1. The second kappa shape index (κ2) is 8.90. The van der Waals surface area contributed by atoms with Crippen LogP contribution in [0.15, 0.2) is 18.7 Å². The summed E-state index contributed by atoms with van der Waals surface area (Å²) in [6, 6.07) is 0.197. The second-order valence-corrected chi connectivity index (χ2v) is 10.8. The molecule has 4 aromatic rings. The largest absolute Gasteiger partial charge is 0.353 e. The number of anilines is 1. The zero-order chi connectivity index (χ0) is 25.0. The molecule has 5 heterocycles. The fraction of sp³-hybridized carbons (Fsp3) is 0.519. The van der Waals surface area contributed by atoms with Crippen LogP contribution in [-0.2, 0) is 0 Å². The predicted molar refractivity (Wildman–Crippen MR) is 140 cm³/mol. The first-order valence-electron chi connectivity index (χ1n) is 12.7. The van der Waals surface area contributed by atoms with Crippen LogP contribution in [0.4, 0.5) is 10.2 Å². The maximum absolute atomic E-state index is 16.3. The van der Waals surface area contributed by atoms with E-state index in [0.717, 1.165) is 65.3 Å². The number of nitrogens with one attached hydrogen (secondary N) is 1. The summed E-state index contributed by atoms with van der Waals surface area (Å²) in [5.41, 5.74) is 6.68. The van der Waals surface area contributed by atoms with Gasteiger partial charge in [0.1, 0.15) is 6.33 Å². The number of H-pyrrole nitrogens is 1. The van der Waals surface area contributed by atoms with E-state index in [1.54, 1.807) is 17.0 Å². The van der Waals surface area contributed by atoms with Crippen molar-refractivity contribution in [2.75, 3.05) is 31.1 Å². The van der Waals surface area contributed by atoms with Crippen LogP contribution in [0.3, 0.4) is 0 Å². The lowest BCUT2D eigenvalue weighted by Gasteiger charge is -2.41. The molecule has 35 heavy (non-hydrogen) atoms. The Kier molecular flexibility index (Phi) is 6.03. The molecule has 8 heteroatoms. The summed E-state index contributed by atoms with van der Waals surface area (Å²) in [6.45, 7) is 18.7. The fourth-order valence-corrected chi connectivity index (χ4v) is 5.64. The van der Waals surface area contributed by atoms with Gasteiger partial charge in [-0.15, -0.1) is 0 Å². The zero-order valence-corrected chi connectivity index (χ0v) is 21.9. The molecule has 5 rings (SSSR count). The molecule has 1 aliphatic rings. The summed E-state index contributed by atoms with van der Waals surface area (Å²) in [5.74, 6) is 0.973. The third-order valence-electron chi connectivity index (χ3n) is 7.38. The monoisotopic (exact) mass is 477 g/mol. The van der Waals surface area contributed by atoms with Crippen molar-refractivity contribution in [1.82, 2.24) is 29.5 Å². The van der Waals surface area contributed by atoms with Gasteiger partial charge in [-0.05, 0) is 49.3 Å². The van der Waals surface area contributed by atoms with E-state index in [1.165, 1.54) is 0 Å². The van der Waals surface area contributed by atoms with E-state index in [1.807, 2.05) is 6.20 Å². The number of hydrogen-bond donors (Lipinski definition) is 1. The Balaban J connectivity index is 1.62. The topological polar surface area (TPSA) is 65.4 Å². The molecule has 1 saturated heterocycles. The average Bonchev–Trinajstić information content (AvgIpc) is 3.42.